The molecule has 0 atom stereocenters. The summed E-state index contributed by atoms with van der Waals surface area (Å²) in [7, 11) is 3.00. The molecule has 35 heavy (non-hydrogen) atoms. The zero-order valence-electron chi connectivity index (χ0n) is 19.6. The van der Waals surface area contributed by atoms with Crippen molar-refractivity contribution < 1.29 is 28.9 Å². The van der Waals surface area contributed by atoms with Gasteiger partial charge in [-0.3, -0.25) is 9.36 Å². The molecule has 7 heteroatoms. The number of rotatable bonds is 8. The quantitative estimate of drug-likeness (QED) is 0.341. The van der Waals surface area contributed by atoms with E-state index in [1.165, 1.54) is 25.7 Å². The van der Waals surface area contributed by atoms with Crippen LogP contribution in [-0.4, -0.2) is 35.8 Å². The van der Waals surface area contributed by atoms with Crippen LogP contribution in [0.5, 0.6) is 17.2 Å². The zero-order valence-corrected chi connectivity index (χ0v) is 19.6. The number of hydrogen-bond donors (Lipinski definition) is 1. The number of carboxylic acids is 1. The van der Waals surface area contributed by atoms with Gasteiger partial charge in [0.1, 0.15) is 12.4 Å². The van der Waals surface area contributed by atoms with Crippen molar-refractivity contribution in [3.63, 3.8) is 0 Å². The van der Waals surface area contributed by atoms with Crippen molar-refractivity contribution in [3.05, 3.63) is 89.6 Å². The summed E-state index contributed by atoms with van der Waals surface area (Å²) in [4.78, 5) is 24.5. The lowest BCUT2D eigenvalue weighted by atomic mass is 10.0. The molecule has 0 aliphatic rings. The summed E-state index contributed by atoms with van der Waals surface area (Å²) >= 11 is 0. The number of aromatic nitrogens is 1. The monoisotopic (exact) mass is 471 g/mol. The summed E-state index contributed by atoms with van der Waals surface area (Å²) in [5.74, 6) is 0.225. The molecule has 0 unspecified atom stereocenters. The molecule has 0 saturated carbocycles. The molecule has 1 heterocycles. The van der Waals surface area contributed by atoms with Gasteiger partial charge in [-0.1, -0.05) is 36.4 Å². The maximum Gasteiger partial charge on any atom is 0.336 e. The van der Waals surface area contributed by atoms with E-state index in [4.69, 9.17) is 14.2 Å². The minimum absolute atomic E-state index is 0.0455. The van der Waals surface area contributed by atoms with Gasteiger partial charge in [-0.15, -0.1) is 0 Å². The van der Waals surface area contributed by atoms with Gasteiger partial charge >= 0.3 is 5.97 Å². The fourth-order valence-corrected chi connectivity index (χ4v) is 3.87. The van der Waals surface area contributed by atoms with Crippen LogP contribution in [0.15, 0.2) is 72.9 Å². The molecular formula is C28H25NO6. The van der Waals surface area contributed by atoms with Gasteiger partial charge < -0.3 is 19.3 Å². The van der Waals surface area contributed by atoms with Gasteiger partial charge in [0.15, 0.2) is 11.5 Å². The lowest BCUT2D eigenvalue weighted by Gasteiger charge is -2.10. The molecule has 0 aliphatic heterocycles. The largest absolute Gasteiger partial charge is 0.493 e. The normalized spacial score (nSPS) is 11.3. The molecule has 178 valence electrons. The molecule has 0 radical (unpaired) electrons. The van der Waals surface area contributed by atoms with E-state index in [9.17, 15) is 14.7 Å². The van der Waals surface area contributed by atoms with Gasteiger partial charge in [0.25, 0.3) is 0 Å². The first-order valence-corrected chi connectivity index (χ1v) is 10.9. The second-order valence-electron chi connectivity index (χ2n) is 7.86. The van der Waals surface area contributed by atoms with Crippen LogP contribution in [0, 0.1) is 0 Å². The number of carboxylic acid groups (broad SMARTS) is 1. The fourth-order valence-electron chi connectivity index (χ4n) is 3.87. The molecule has 3 aromatic carbocycles. The van der Waals surface area contributed by atoms with Gasteiger partial charge in [0.2, 0.25) is 5.91 Å². The molecule has 0 aliphatic carbocycles. The summed E-state index contributed by atoms with van der Waals surface area (Å²) in [6.45, 7) is 1.84. The van der Waals surface area contributed by atoms with Gasteiger partial charge in [-0.05, 0) is 47.5 Å². The van der Waals surface area contributed by atoms with Crippen molar-refractivity contribution in [1.82, 2.24) is 4.57 Å². The maximum absolute atomic E-state index is 12.3. The summed E-state index contributed by atoms with van der Waals surface area (Å²) in [6.07, 6.45) is 3.18. The first-order chi connectivity index (χ1) is 16.9. The highest BCUT2D eigenvalue weighted by Gasteiger charge is 2.17. The number of fused-ring (bicyclic) bond motifs is 1. The second kappa shape index (κ2) is 10.2. The number of benzene rings is 3. The molecule has 0 amide bonds. The van der Waals surface area contributed by atoms with E-state index in [1.807, 2.05) is 36.4 Å². The first kappa shape index (κ1) is 23.6. The van der Waals surface area contributed by atoms with E-state index in [0.717, 1.165) is 5.56 Å². The first-order valence-electron chi connectivity index (χ1n) is 10.9. The zero-order chi connectivity index (χ0) is 24.9. The predicted molar refractivity (Wildman–Crippen MR) is 134 cm³/mol. The predicted octanol–water partition coefficient (Wildman–Crippen LogP) is 5.52. The molecular weight excluding hydrogens is 446 g/mol. The Hall–Kier alpha value is -4.52. The van der Waals surface area contributed by atoms with Crippen LogP contribution in [0.2, 0.25) is 0 Å². The van der Waals surface area contributed by atoms with Crippen molar-refractivity contribution in [2.24, 2.45) is 0 Å². The van der Waals surface area contributed by atoms with Crippen molar-refractivity contribution in [2.75, 3.05) is 14.2 Å². The third-order valence-corrected chi connectivity index (χ3v) is 5.62. The Labute approximate surface area is 202 Å². The molecule has 0 saturated heterocycles. The van der Waals surface area contributed by atoms with Crippen molar-refractivity contribution in [3.8, 4) is 17.2 Å². The molecule has 4 aromatic rings. The average Bonchev–Trinajstić information content (AvgIpc) is 3.24. The van der Waals surface area contributed by atoms with E-state index in [2.05, 4.69) is 0 Å². The van der Waals surface area contributed by atoms with Gasteiger partial charge in [0, 0.05) is 24.1 Å². The van der Waals surface area contributed by atoms with Crippen molar-refractivity contribution in [1.29, 1.82) is 0 Å². The number of nitrogens with zero attached hydrogens (tertiary/aromatic N) is 1. The second-order valence-corrected chi connectivity index (χ2v) is 7.86. The summed E-state index contributed by atoms with van der Waals surface area (Å²) in [6, 6.07) is 20.1. The SMILES string of the molecule is COc1ccc(/C(=C\c2cn(C(C)=O)c3ccc(OCc4ccccc4)cc23)C(=O)O)cc1OC. The third-order valence-electron chi connectivity index (χ3n) is 5.62. The Morgan fingerprint density at radius 3 is 2.34 bits per heavy atom. The van der Waals surface area contributed by atoms with Crippen LogP contribution in [-0.2, 0) is 11.4 Å². The third kappa shape index (κ3) is 5.04. The van der Waals surface area contributed by atoms with E-state index in [-0.39, 0.29) is 11.5 Å². The summed E-state index contributed by atoms with van der Waals surface area (Å²) < 4.78 is 18.0. The highest BCUT2D eigenvalue weighted by molar-refractivity contribution is 6.22. The van der Waals surface area contributed by atoms with Gasteiger partial charge in [-0.2, -0.15) is 0 Å². The Balaban J connectivity index is 1.79. The molecule has 1 N–H and O–H groups in total. The lowest BCUT2D eigenvalue weighted by molar-refractivity contribution is -0.130. The van der Waals surface area contributed by atoms with Crippen LogP contribution in [0.25, 0.3) is 22.6 Å². The molecule has 1 aromatic heterocycles. The van der Waals surface area contributed by atoms with Crippen LogP contribution in [0.3, 0.4) is 0 Å². The maximum atomic E-state index is 12.3. The number of aliphatic carboxylic acids is 1. The Kier molecular flexibility index (Phi) is 6.87. The Bertz CT molecular complexity index is 1420. The van der Waals surface area contributed by atoms with Crippen LogP contribution in [0.1, 0.15) is 28.4 Å². The smallest absolute Gasteiger partial charge is 0.336 e. The van der Waals surface area contributed by atoms with E-state index in [0.29, 0.717) is 45.9 Å². The molecule has 7 nitrogen and oxygen atoms in total. The van der Waals surface area contributed by atoms with Gasteiger partial charge in [0.05, 0.1) is 25.3 Å². The highest BCUT2D eigenvalue weighted by Crippen LogP contribution is 2.33. The van der Waals surface area contributed by atoms with Crippen molar-refractivity contribution in [2.45, 2.75) is 13.5 Å². The van der Waals surface area contributed by atoms with E-state index >= 15 is 0 Å². The molecule has 4 rings (SSSR count). The minimum atomic E-state index is -1.11. The van der Waals surface area contributed by atoms with Crippen molar-refractivity contribution >= 4 is 34.4 Å². The number of carbonyl (C=O) groups is 2. The Morgan fingerprint density at radius 1 is 0.943 bits per heavy atom. The lowest BCUT2D eigenvalue weighted by Crippen LogP contribution is -2.03. The van der Waals surface area contributed by atoms with Gasteiger partial charge in [-0.25, -0.2) is 4.79 Å². The van der Waals surface area contributed by atoms with Crippen LogP contribution < -0.4 is 14.2 Å². The summed E-state index contributed by atoms with van der Waals surface area (Å²) in [5, 5.41) is 10.7. The Morgan fingerprint density at radius 2 is 1.69 bits per heavy atom. The van der Waals surface area contributed by atoms with E-state index in [1.54, 1.807) is 42.6 Å². The minimum Gasteiger partial charge on any atom is -0.493 e. The van der Waals surface area contributed by atoms with E-state index < -0.39 is 5.97 Å². The number of ether oxygens (including phenoxy) is 3. The molecule has 0 fully saturated rings. The number of carbonyl (C=O) groups excluding carboxylic acids is 1. The number of hydrogen-bond acceptors (Lipinski definition) is 5. The summed E-state index contributed by atoms with van der Waals surface area (Å²) in [5.41, 5.74) is 2.75. The standard InChI is InChI=1S/C28H25NO6/c1-18(30)29-16-21(13-24(28(31)32)20-9-12-26(33-2)27(14-20)34-3)23-15-22(10-11-25(23)29)35-17-19-7-5-4-6-8-19/h4-16H,17H2,1-3H3,(H,31,32)/b24-13+. The average molecular weight is 472 g/mol. The highest BCUT2D eigenvalue weighted by atomic mass is 16.5. The topological polar surface area (TPSA) is 87.0 Å². The molecule has 0 bridgehead atoms. The van der Waals surface area contributed by atoms with Crippen LogP contribution >= 0.6 is 0 Å². The van der Waals surface area contributed by atoms with Crippen LogP contribution in [0.4, 0.5) is 0 Å². The fraction of sp³-hybridized carbons (Fsp3) is 0.143. The number of methoxy groups -OCH3 is 2. The molecule has 0 spiro atoms.